The Morgan fingerprint density at radius 3 is 1.88 bits per heavy atom. The first-order valence-corrected chi connectivity index (χ1v) is 7.47. The Kier molecular flexibility index (Phi) is 11.4. The predicted molar refractivity (Wildman–Crippen MR) is 74.9 cm³/mol. The van der Waals surface area contributed by atoms with Gasteiger partial charge in [0.05, 0.1) is 0 Å². The smallest absolute Gasteiger partial charge is 0.00921 e. The highest BCUT2D eigenvalue weighted by Gasteiger charge is 2.15. The van der Waals surface area contributed by atoms with Gasteiger partial charge in [-0.3, -0.25) is 0 Å². The minimum absolute atomic E-state index is 0.751. The topological polar surface area (TPSA) is 12.0 Å². The number of hydrogen-bond acceptors (Lipinski definition) is 1. The van der Waals surface area contributed by atoms with Gasteiger partial charge in [0.1, 0.15) is 0 Å². The third-order valence-corrected chi connectivity index (χ3v) is 3.86. The zero-order valence-corrected chi connectivity index (χ0v) is 12.0. The quantitative estimate of drug-likeness (QED) is 0.502. The maximum atomic E-state index is 3.51. The van der Waals surface area contributed by atoms with Gasteiger partial charge in [0.15, 0.2) is 0 Å². The molecular weight excluding hydrogens is 194 g/mol. The van der Waals surface area contributed by atoms with Crippen molar-refractivity contribution in [2.75, 3.05) is 7.05 Å². The van der Waals surface area contributed by atoms with Crippen LogP contribution in [0.3, 0.4) is 0 Å². The Hall–Kier alpha value is -0.0400. The van der Waals surface area contributed by atoms with Crippen LogP contribution in [0.2, 0.25) is 0 Å². The summed E-state index contributed by atoms with van der Waals surface area (Å²) in [4.78, 5) is 0. The van der Waals surface area contributed by atoms with E-state index in [-0.39, 0.29) is 0 Å². The average molecular weight is 227 g/mol. The number of nitrogens with one attached hydrogen (secondary N) is 1. The molecule has 0 rings (SSSR count). The summed E-state index contributed by atoms with van der Waals surface area (Å²) < 4.78 is 0. The summed E-state index contributed by atoms with van der Waals surface area (Å²) in [6.07, 6.45) is 12.5. The van der Waals surface area contributed by atoms with Crippen LogP contribution in [0.5, 0.6) is 0 Å². The van der Waals surface area contributed by atoms with E-state index in [2.05, 4.69) is 33.1 Å². The molecule has 0 bridgehead atoms. The van der Waals surface area contributed by atoms with Gasteiger partial charge in [-0.1, -0.05) is 72.1 Å². The van der Waals surface area contributed by atoms with E-state index in [1.165, 1.54) is 57.8 Å². The van der Waals surface area contributed by atoms with E-state index in [0.717, 1.165) is 12.0 Å². The first-order valence-electron chi connectivity index (χ1n) is 7.47. The molecule has 16 heavy (non-hydrogen) atoms. The fourth-order valence-electron chi connectivity index (χ4n) is 2.62. The largest absolute Gasteiger partial charge is 0.317 e. The van der Waals surface area contributed by atoms with Gasteiger partial charge in [-0.15, -0.1) is 0 Å². The van der Waals surface area contributed by atoms with Crippen LogP contribution in [0.1, 0.15) is 78.6 Å². The lowest BCUT2D eigenvalue weighted by atomic mass is 9.90. The monoisotopic (exact) mass is 227 g/mol. The summed E-state index contributed by atoms with van der Waals surface area (Å²) >= 11 is 0. The van der Waals surface area contributed by atoms with E-state index in [4.69, 9.17) is 0 Å². The van der Waals surface area contributed by atoms with Crippen molar-refractivity contribution >= 4 is 0 Å². The van der Waals surface area contributed by atoms with E-state index in [0.29, 0.717) is 0 Å². The summed E-state index contributed by atoms with van der Waals surface area (Å²) in [5.74, 6) is 0.876. The summed E-state index contributed by atoms with van der Waals surface area (Å²) in [6.45, 7) is 6.92. The molecule has 0 heterocycles. The van der Waals surface area contributed by atoms with E-state index in [9.17, 15) is 0 Å². The van der Waals surface area contributed by atoms with Crippen molar-refractivity contribution in [1.82, 2.24) is 5.32 Å². The molecule has 0 aliphatic heterocycles. The maximum absolute atomic E-state index is 3.51. The van der Waals surface area contributed by atoms with Gasteiger partial charge in [-0.05, 0) is 19.4 Å². The van der Waals surface area contributed by atoms with Crippen LogP contribution in [0.25, 0.3) is 0 Å². The molecule has 0 spiro atoms. The van der Waals surface area contributed by atoms with Crippen LogP contribution >= 0.6 is 0 Å². The molecule has 1 heteroatoms. The second-order valence-electron chi connectivity index (χ2n) is 5.03. The molecular formula is C15H33N. The van der Waals surface area contributed by atoms with E-state index < -0.39 is 0 Å². The first kappa shape index (κ1) is 16.0. The van der Waals surface area contributed by atoms with Crippen molar-refractivity contribution in [3.8, 4) is 0 Å². The van der Waals surface area contributed by atoms with E-state index >= 15 is 0 Å². The molecule has 0 radical (unpaired) electrons. The molecule has 1 N–H and O–H groups in total. The van der Waals surface area contributed by atoms with Crippen molar-refractivity contribution in [3.05, 3.63) is 0 Å². The fourth-order valence-corrected chi connectivity index (χ4v) is 2.62. The van der Waals surface area contributed by atoms with Crippen LogP contribution in [0.4, 0.5) is 0 Å². The van der Waals surface area contributed by atoms with Crippen molar-refractivity contribution in [3.63, 3.8) is 0 Å². The van der Waals surface area contributed by atoms with Crippen LogP contribution < -0.4 is 5.32 Å². The lowest BCUT2D eigenvalue weighted by Crippen LogP contribution is -2.32. The Bertz CT molecular complexity index is 129. The second kappa shape index (κ2) is 11.4. The first-order chi connectivity index (χ1) is 7.79. The molecule has 1 atom stereocenters. The van der Waals surface area contributed by atoms with Gasteiger partial charge in [-0.25, -0.2) is 0 Å². The molecule has 0 aromatic rings. The molecule has 0 amide bonds. The van der Waals surface area contributed by atoms with Gasteiger partial charge in [0, 0.05) is 6.04 Å². The fraction of sp³-hybridized carbons (Fsp3) is 1.00. The number of rotatable bonds is 11. The molecule has 98 valence electrons. The Morgan fingerprint density at radius 2 is 1.38 bits per heavy atom. The third kappa shape index (κ3) is 7.27. The molecule has 0 fully saturated rings. The molecule has 0 aromatic carbocycles. The van der Waals surface area contributed by atoms with Crippen molar-refractivity contribution in [2.24, 2.45) is 5.92 Å². The minimum Gasteiger partial charge on any atom is -0.317 e. The SMILES string of the molecule is CCCCCCCCC(NC)C(CC)CC. The number of hydrogen-bond donors (Lipinski definition) is 1. The van der Waals surface area contributed by atoms with Crippen molar-refractivity contribution in [2.45, 2.75) is 84.6 Å². The lowest BCUT2D eigenvalue weighted by Gasteiger charge is -2.24. The van der Waals surface area contributed by atoms with E-state index in [1.807, 2.05) is 0 Å². The summed E-state index contributed by atoms with van der Waals surface area (Å²) in [7, 11) is 2.13. The molecule has 0 saturated carbocycles. The molecule has 0 aromatic heterocycles. The van der Waals surface area contributed by atoms with Gasteiger partial charge in [-0.2, -0.15) is 0 Å². The molecule has 1 unspecified atom stereocenters. The number of unbranched alkanes of at least 4 members (excludes halogenated alkanes) is 5. The highest BCUT2D eigenvalue weighted by atomic mass is 14.9. The molecule has 1 nitrogen and oxygen atoms in total. The van der Waals surface area contributed by atoms with Crippen molar-refractivity contribution < 1.29 is 0 Å². The predicted octanol–water partition coefficient (Wildman–Crippen LogP) is 4.76. The van der Waals surface area contributed by atoms with Crippen molar-refractivity contribution in [1.29, 1.82) is 0 Å². The summed E-state index contributed by atoms with van der Waals surface area (Å²) in [5, 5.41) is 3.51. The average Bonchev–Trinajstić information content (AvgIpc) is 2.32. The lowest BCUT2D eigenvalue weighted by molar-refractivity contribution is 0.325. The zero-order valence-electron chi connectivity index (χ0n) is 12.0. The van der Waals surface area contributed by atoms with Gasteiger partial charge < -0.3 is 5.32 Å². The zero-order chi connectivity index (χ0) is 12.2. The molecule has 0 aliphatic carbocycles. The Balaban J connectivity index is 3.54. The van der Waals surface area contributed by atoms with Gasteiger partial charge >= 0.3 is 0 Å². The Morgan fingerprint density at radius 1 is 0.812 bits per heavy atom. The summed E-state index contributed by atoms with van der Waals surface area (Å²) in [6, 6.07) is 0.751. The third-order valence-electron chi connectivity index (χ3n) is 3.86. The molecule has 0 aliphatic rings. The summed E-state index contributed by atoms with van der Waals surface area (Å²) in [5.41, 5.74) is 0. The molecule has 0 saturated heterocycles. The van der Waals surface area contributed by atoms with Gasteiger partial charge in [0.25, 0.3) is 0 Å². The van der Waals surface area contributed by atoms with Crippen LogP contribution in [-0.4, -0.2) is 13.1 Å². The maximum Gasteiger partial charge on any atom is 0.00921 e. The second-order valence-corrected chi connectivity index (χ2v) is 5.03. The highest BCUT2D eigenvalue weighted by molar-refractivity contribution is 4.73. The van der Waals surface area contributed by atoms with Crippen LogP contribution in [0.15, 0.2) is 0 Å². The van der Waals surface area contributed by atoms with Crippen LogP contribution in [-0.2, 0) is 0 Å². The van der Waals surface area contributed by atoms with Crippen LogP contribution in [0, 0.1) is 5.92 Å². The van der Waals surface area contributed by atoms with E-state index in [1.54, 1.807) is 0 Å². The van der Waals surface area contributed by atoms with Gasteiger partial charge in [0.2, 0.25) is 0 Å². The Labute approximate surface area is 103 Å². The standard InChI is InChI=1S/C15H33N/c1-5-8-9-10-11-12-13-15(16-4)14(6-2)7-3/h14-16H,5-13H2,1-4H3. The normalized spacial score (nSPS) is 13.3. The highest BCUT2D eigenvalue weighted by Crippen LogP contribution is 2.18. The minimum atomic E-state index is 0.751.